The number of aliphatic hydroxyl groups is 2. The van der Waals surface area contributed by atoms with Crippen molar-refractivity contribution in [2.75, 3.05) is 38.6 Å². The Hall–Kier alpha value is -3.63. The SMILES string of the molecule is CCCC[C@H](NC(=O)[C@H](Cc1cccc2ccccc12)CS(=O)(=O)C1CCC(OC(C)=O)C1OC(C)=O)C(=O)N[C@@H](CC1CCCCC1)[C@@H](O)[C@@H](O)CN1CCOCC1. The topological polar surface area (TPSA) is 198 Å². The summed E-state index contributed by atoms with van der Waals surface area (Å²) in [6, 6.07) is 11.4. The Morgan fingerprint density at radius 1 is 0.881 bits per heavy atom. The second kappa shape index (κ2) is 22.3. The van der Waals surface area contributed by atoms with Gasteiger partial charge in [-0.1, -0.05) is 94.3 Å². The highest BCUT2D eigenvalue weighted by molar-refractivity contribution is 7.92. The molecule has 15 heteroatoms. The number of sulfone groups is 1. The first-order valence-electron chi connectivity index (χ1n) is 21.5. The van der Waals surface area contributed by atoms with Crippen molar-refractivity contribution in [3.05, 3.63) is 48.0 Å². The number of unbranched alkanes of at least 4 members (excludes halogenated alkanes) is 1. The zero-order valence-corrected chi connectivity index (χ0v) is 35.7. The van der Waals surface area contributed by atoms with Crippen LogP contribution in [0.25, 0.3) is 10.8 Å². The fraction of sp³-hybridized carbons (Fsp3) is 0.682. The number of rotatable bonds is 20. The summed E-state index contributed by atoms with van der Waals surface area (Å²) in [6.45, 7) is 6.88. The average Bonchev–Trinajstić information content (AvgIpc) is 3.60. The predicted molar refractivity (Wildman–Crippen MR) is 223 cm³/mol. The lowest BCUT2D eigenvalue weighted by Crippen LogP contribution is -2.57. The molecule has 2 aromatic rings. The van der Waals surface area contributed by atoms with Gasteiger partial charge in [0.05, 0.1) is 37.0 Å². The standard InChI is InChI=1S/C44H65N3O11S/c1-4-5-18-36(44(53)46-37(25-31-12-7-6-8-13-31)41(51)38(50)27-47-21-23-56-24-22-47)45-43(52)34(26-33-16-11-15-32-14-9-10-17-35(32)33)28-59(54,55)40-20-19-39(57-29(2)48)42(40)58-30(3)49/h9-11,14-17,31,34,36-42,50-51H,4-8,12-13,18-28H2,1-3H3,(H,45,52)(H,46,53)/t34-,36+,37+,38+,39?,40?,41-,42?/m1/s1. The van der Waals surface area contributed by atoms with Gasteiger partial charge in [0.1, 0.15) is 23.5 Å². The summed E-state index contributed by atoms with van der Waals surface area (Å²) in [5, 5.41) is 29.4. The molecule has 1 heterocycles. The molecule has 2 aromatic carbocycles. The number of amides is 2. The van der Waals surface area contributed by atoms with Crippen LogP contribution in [-0.2, 0) is 49.6 Å². The van der Waals surface area contributed by atoms with Gasteiger partial charge >= 0.3 is 11.9 Å². The van der Waals surface area contributed by atoms with E-state index in [1.807, 2.05) is 54.3 Å². The second-order valence-corrected chi connectivity index (χ2v) is 19.0. The summed E-state index contributed by atoms with van der Waals surface area (Å²) >= 11 is 0. The van der Waals surface area contributed by atoms with Crippen LogP contribution in [0, 0.1) is 11.8 Å². The lowest BCUT2D eigenvalue weighted by atomic mass is 9.83. The van der Waals surface area contributed by atoms with Gasteiger partial charge in [0.2, 0.25) is 11.8 Å². The quantitative estimate of drug-likeness (QED) is 0.142. The van der Waals surface area contributed by atoms with Crippen LogP contribution >= 0.6 is 0 Å². The van der Waals surface area contributed by atoms with E-state index in [0.29, 0.717) is 39.1 Å². The highest BCUT2D eigenvalue weighted by atomic mass is 32.2. The highest BCUT2D eigenvalue weighted by Gasteiger charge is 2.48. The maximum absolute atomic E-state index is 14.6. The van der Waals surface area contributed by atoms with Gasteiger partial charge < -0.3 is 35.1 Å². The molecule has 0 spiro atoms. The van der Waals surface area contributed by atoms with Crippen molar-refractivity contribution in [2.24, 2.45) is 11.8 Å². The number of fused-ring (bicyclic) bond motifs is 1. The zero-order chi connectivity index (χ0) is 42.5. The van der Waals surface area contributed by atoms with Crippen molar-refractivity contribution in [3.8, 4) is 0 Å². The van der Waals surface area contributed by atoms with Gasteiger partial charge in [0.25, 0.3) is 0 Å². The second-order valence-electron chi connectivity index (χ2n) is 16.7. The Labute approximate surface area is 349 Å². The lowest BCUT2D eigenvalue weighted by Gasteiger charge is -2.35. The van der Waals surface area contributed by atoms with Gasteiger partial charge in [-0.15, -0.1) is 0 Å². The summed E-state index contributed by atoms with van der Waals surface area (Å²) in [5.41, 5.74) is 0.749. The molecule has 59 heavy (non-hydrogen) atoms. The Morgan fingerprint density at radius 2 is 1.58 bits per heavy atom. The number of nitrogens with one attached hydrogen (secondary N) is 2. The number of carbonyl (C=O) groups is 4. The van der Waals surface area contributed by atoms with E-state index in [2.05, 4.69) is 10.6 Å². The van der Waals surface area contributed by atoms with E-state index in [9.17, 15) is 37.8 Å². The van der Waals surface area contributed by atoms with Crippen molar-refractivity contribution in [2.45, 2.75) is 140 Å². The summed E-state index contributed by atoms with van der Waals surface area (Å²) in [6.07, 6.45) is 2.89. The van der Waals surface area contributed by atoms with Crippen LogP contribution in [0.15, 0.2) is 42.5 Å². The van der Waals surface area contributed by atoms with E-state index in [0.717, 1.165) is 61.8 Å². The van der Waals surface area contributed by atoms with E-state index in [1.165, 1.54) is 6.92 Å². The zero-order valence-electron chi connectivity index (χ0n) is 34.9. The van der Waals surface area contributed by atoms with Gasteiger partial charge in [-0.3, -0.25) is 24.1 Å². The molecule has 3 unspecified atom stereocenters. The van der Waals surface area contributed by atoms with Gasteiger partial charge in [0, 0.05) is 33.5 Å². The third-order valence-electron chi connectivity index (χ3n) is 12.2. The smallest absolute Gasteiger partial charge is 0.303 e. The molecule has 2 aliphatic carbocycles. The van der Waals surface area contributed by atoms with Crippen molar-refractivity contribution in [1.82, 2.24) is 15.5 Å². The van der Waals surface area contributed by atoms with Crippen LogP contribution in [-0.4, -0.2) is 128 Å². The molecule has 1 aliphatic heterocycles. The normalized spacial score (nSPS) is 23.1. The van der Waals surface area contributed by atoms with Crippen molar-refractivity contribution >= 4 is 44.4 Å². The molecule has 0 aromatic heterocycles. The summed E-state index contributed by atoms with van der Waals surface area (Å²) < 4.78 is 45.0. The molecule has 3 aliphatic rings. The maximum atomic E-state index is 14.6. The van der Waals surface area contributed by atoms with Crippen LogP contribution in [0.3, 0.4) is 0 Å². The fourth-order valence-corrected chi connectivity index (χ4v) is 11.3. The minimum Gasteiger partial charge on any atom is -0.459 e. The maximum Gasteiger partial charge on any atom is 0.303 e. The number of ether oxygens (including phenoxy) is 3. The summed E-state index contributed by atoms with van der Waals surface area (Å²) in [7, 11) is -4.19. The van der Waals surface area contributed by atoms with Crippen LogP contribution in [0.2, 0.25) is 0 Å². The van der Waals surface area contributed by atoms with Crippen molar-refractivity contribution in [3.63, 3.8) is 0 Å². The number of benzene rings is 2. The van der Waals surface area contributed by atoms with E-state index in [4.69, 9.17) is 14.2 Å². The lowest BCUT2D eigenvalue weighted by molar-refractivity contribution is -0.162. The number of nitrogens with zero attached hydrogens (tertiary/aromatic N) is 1. The molecule has 2 amide bonds. The van der Waals surface area contributed by atoms with E-state index in [-0.39, 0.29) is 38.1 Å². The predicted octanol–water partition coefficient (Wildman–Crippen LogP) is 3.62. The molecule has 328 valence electrons. The molecule has 14 nitrogen and oxygen atoms in total. The molecule has 5 rings (SSSR count). The van der Waals surface area contributed by atoms with Crippen LogP contribution < -0.4 is 10.6 Å². The molecule has 0 bridgehead atoms. The van der Waals surface area contributed by atoms with E-state index in [1.54, 1.807) is 0 Å². The third kappa shape index (κ3) is 13.4. The van der Waals surface area contributed by atoms with E-state index >= 15 is 0 Å². The summed E-state index contributed by atoms with van der Waals surface area (Å²) in [4.78, 5) is 54.9. The van der Waals surface area contributed by atoms with Crippen LogP contribution in [0.4, 0.5) is 0 Å². The Bertz CT molecular complexity index is 1810. The minimum absolute atomic E-state index is 0.0314. The average molecular weight is 844 g/mol. The van der Waals surface area contributed by atoms with Gasteiger partial charge in [0.15, 0.2) is 15.9 Å². The first kappa shape index (κ1) is 46.4. The first-order chi connectivity index (χ1) is 28.2. The number of hydrogen-bond acceptors (Lipinski definition) is 12. The molecule has 3 fully saturated rings. The number of esters is 2. The molecule has 4 N–H and O–H groups in total. The van der Waals surface area contributed by atoms with Crippen molar-refractivity contribution in [1.29, 1.82) is 0 Å². The number of aliphatic hydroxyl groups excluding tert-OH is 2. The highest BCUT2D eigenvalue weighted by Crippen LogP contribution is 2.34. The minimum atomic E-state index is -4.19. The number of β-amino-alcohol motifs (C(OH)–C–C–N with tert-alkyl or cyclic N) is 1. The monoisotopic (exact) mass is 843 g/mol. The Balaban J connectivity index is 1.40. The number of hydrogen-bond donors (Lipinski definition) is 4. The van der Waals surface area contributed by atoms with Gasteiger partial charge in [-0.25, -0.2) is 8.42 Å². The molecular weight excluding hydrogens is 779 g/mol. The first-order valence-corrected chi connectivity index (χ1v) is 23.3. The van der Waals surface area contributed by atoms with Gasteiger partial charge in [-0.05, 0) is 54.4 Å². The third-order valence-corrected chi connectivity index (χ3v) is 14.5. The van der Waals surface area contributed by atoms with E-state index < -0.39 is 87.0 Å². The molecule has 2 saturated carbocycles. The number of carbonyl (C=O) groups excluding carboxylic acids is 4. The molecular formula is C44H65N3O11S. The Morgan fingerprint density at radius 3 is 2.27 bits per heavy atom. The van der Waals surface area contributed by atoms with Gasteiger partial charge in [-0.2, -0.15) is 0 Å². The van der Waals surface area contributed by atoms with Crippen LogP contribution in [0.1, 0.15) is 97.0 Å². The fourth-order valence-electron chi connectivity index (χ4n) is 9.07. The Kier molecular flexibility index (Phi) is 17.5. The largest absolute Gasteiger partial charge is 0.459 e. The molecule has 1 saturated heterocycles. The molecule has 8 atom stereocenters. The van der Waals surface area contributed by atoms with Crippen molar-refractivity contribution < 1.29 is 52.0 Å². The summed E-state index contributed by atoms with van der Waals surface area (Å²) in [5.74, 6) is -4.01. The number of morpholine rings is 1. The van der Waals surface area contributed by atoms with Crippen LogP contribution in [0.5, 0.6) is 0 Å². The molecule has 0 radical (unpaired) electrons.